The molecule has 0 bridgehead atoms. The van der Waals surface area contributed by atoms with Gasteiger partial charge in [-0.15, -0.1) is 0 Å². The van der Waals surface area contributed by atoms with Crippen LogP contribution in [0.25, 0.3) is 0 Å². The largest absolute Gasteiger partial charge is 0.495 e. The molecule has 11 heteroatoms. The first-order valence-corrected chi connectivity index (χ1v) is 15.7. The van der Waals surface area contributed by atoms with Crippen molar-refractivity contribution in [1.82, 2.24) is 10.2 Å². The highest BCUT2D eigenvalue weighted by Gasteiger charge is 2.34. The molecule has 1 atom stereocenters. The van der Waals surface area contributed by atoms with Crippen molar-refractivity contribution in [2.24, 2.45) is 5.92 Å². The van der Waals surface area contributed by atoms with Crippen molar-refractivity contribution in [1.29, 1.82) is 0 Å². The van der Waals surface area contributed by atoms with Gasteiger partial charge in [0.2, 0.25) is 21.8 Å². The zero-order valence-corrected chi connectivity index (χ0v) is 25.8. The van der Waals surface area contributed by atoms with Crippen LogP contribution in [0.4, 0.5) is 5.69 Å². The van der Waals surface area contributed by atoms with E-state index in [1.807, 2.05) is 44.2 Å². The highest BCUT2D eigenvalue weighted by atomic mass is 35.5. The molecule has 0 aliphatic rings. The van der Waals surface area contributed by atoms with Gasteiger partial charge in [-0.1, -0.05) is 85.6 Å². The molecule has 0 heterocycles. The maximum Gasteiger partial charge on any atom is 0.244 e. The highest BCUT2D eigenvalue weighted by Crippen LogP contribution is 2.31. The number of amides is 2. The van der Waals surface area contributed by atoms with Gasteiger partial charge in [-0.2, -0.15) is 0 Å². The van der Waals surface area contributed by atoms with E-state index < -0.39 is 28.5 Å². The van der Waals surface area contributed by atoms with Gasteiger partial charge < -0.3 is 15.0 Å². The Morgan fingerprint density at radius 1 is 0.927 bits per heavy atom. The van der Waals surface area contributed by atoms with Crippen LogP contribution in [0.2, 0.25) is 10.0 Å². The van der Waals surface area contributed by atoms with Crippen LogP contribution >= 0.6 is 23.2 Å². The minimum atomic E-state index is -3.94. The van der Waals surface area contributed by atoms with Gasteiger partial charge in [-0.25, -0.2) is 8.42 Å². The number of rotatable bonds is 13. The summed E-state index contributed by atoms with van der Waals surface area (Å²) < 4.78 is 32.3. The number of carbonyl (C=O) groups excluding carboxylic acids is 2. The van der Waals surface area contributed by atoms with Crippen molar-refractivity contribution in [3.05, 3.63) is 94.0 Å². The summed E-state index contributed by atoms with van der Waals surface area (Å²) in [6, 6.07) is 19.8. The molecule has 0 saturated heterocycles. The second kappa shape index (κ2) is 14.6. The van der Waals surface area contributed by atoms with E-state index in [9.17, 15) is 18.0 Å². The minimum Gasteiger partial charge on any atom is -0.495 e. The van der Waals surface area contributed by atoms with Gasteiger partial charge in [0.1, 0.15) is 18.3 Å². The third kappa shape index (κ3) is 8.86. The summed E-state index contributed by atoms with van der Waals surface area (Å²) in [4.78, 5) is 29.2. The van der Waals surface area contributed by atoms with Crippen LogP contribution in [-0.4, -0.2) is 57.6 Å². The molecular weight excluding hydrogens is 585 g/mol. The lowest BCUT2D eigenvalue weighted by Crippen LogP contribution is -2.53. The number of hydrogen-bond donors (Lipinski definition) is 1. The van der Waals surface area contributed by atoms with E-state index in [4.69, 9.17) is 27.9 Å². The summed E-state index contributed by atoms with van der Waals surface area (Å²) in [5.41, 5.74) is 1.47. The molecule has 2 amide bonds. The first-order valence-electron chi connectivity index (χ1n) is 13.1. The van der Waals surface area contributed by atoms with Crippen LogP contribution in [-0.2, 0) is 32.6 Å². The highest BCUT2D eigenvalue weighted by molar-refractivity contribution is 7.92. The fraction of sp³-hybridized carbons (Fsp3) is 0.333. The van der Waals surface area contributed by atoms with Crippen molar-refractivity contribution in [3.8, 4) is 5.75 Å². The van der Waals surface area contributed by atoms with Crippen molar-refractivity contribution < 1.29 is 22.7 Å². The monoisotopic (exact) mass is 619 g/mol. The van der Waals surface area contributed by atoms with Crippen molar-refractivity contribution >= 4 is 50.7 Å². The average molecular weight is 621 g/mol. The lowest BCUT2D eigenvalue weighted by atomic mass is 10.0. The fourth-order valence-electron chi connectivity index (χ4n) is 4.26. The number of benzene rings is 3. The summed E-state index contributed by atoms with van der Waals surface area (Å²) in [6.45, 7) is 3.64. The second-order valence-electron chi connectivity index (χ2n) is 10.0. The van der Waals surface area contributed by atoms with Gasteiger partial charge in [0.15, 0.2) is 0 Å². The van der Waals surface area contributed by atoms with Crippen molar-refractivity contribution in [2.75, 3.05) is 30.8 Å². The van der Waals surface area contributed by atoms with Gasteiger partial charge in [-0.3, -0.25) is 13.9 Å². The molecule has 41 heavy (non-hydrogen) atoms. The number of methoxy groups -OCH3 is 1. The van der Waals surface area contributed by atoms with E-state index in [2.05, 4.69) is 5.32 Å². The fourth-order valence-corrected chi connectivity index (χ4v) is 5.63. The Labute approximate surface area is 252 Å². The molecule has 1 unspecified atom stereocenters. The van der Waals surface area contributed by atoms with Crippen LogP contribution in [0.1, 0.15) is 25.0 Å². The maximum atomic E-state index is 14.2. The number of carbonyl (C=O) groups is 2. The van der Waals surface area contributed by atoms with Crippen LogP contribution in [0, 0.1) is 5.92 Å². The molecule has 220 valence electrons. The normalized spacial score (nSPS) is 12.1. The van der Waals surface area contributed by atoms with Gasteiger partial charge in [-0.05, 0) is 35.7 Å². The van der Waals surface area contributed by atoms with Crippen molar-refractivity contribution in [3.63, 3.8) is 0 Å². The first-order chi connectivity index (χ1) is 19.4. The summed E-state index contributed by atoms with van der Waals surface area (Å²) in [6.07, 6.45) is 1.20. The molecule has 3 rings (SSSR count). The number of ether oxygens (including phenoxy) is 1. The topological polar surface area (TPSA) is 96.0 Å². The molecule has 0 spiro atoms. The van der Waals surface area contributed by atoms with Crippen LogP contribution in [0.5, 0.6) is 5.75 Å². The Morgan fingerprint density at radius 2 is 1.54 bits per heavy atom. The molecule has 3 aromatic rings. The molecule has 8 nitrogen and oxygen atoms in total. The molecule has 0 aliphatic carbocycles. The minimum absolute atomic E-state index is 0.118. The standard InChI is InChI=1S/C30H35Cl2N3O5S/c1-21(2)18-33-30(37)27(17-22-11-6-5-7-12-22)34(19-23-24(31)13-10-14-25(23)32)29(36)20-35(41(4,38)39)26-15-8-9-16-28(26)40-3/h5-16,21,27H,17-20H2,1-4H3,(H,33,37). The van der Waals surface area contributed by atoms with E-state index in [0.717, 1.165) is 16.1 Å². The summed E-state index contributed by atoms with van der Waals surface area (Å²) in [7, 11) is -2.52. The number of halogens is 2. The SMILES string of the molecule is COc1ccccc1N(CC(=O)N(Cc1c(Cl)cccc1Cl)C(Cc1ccccc1)C(=O)NCC(C)C)S(C)(=O)=O. The van der Waals surface area contributed by atoms with E-state index in [1.165, 1.54) is 12.0 Å². The Hall–Kier alpha value is -3.27. The summed E-state index contributed by atoms with van der Waals surface area (Å²) >= 11 is 13.0. The molecule has 3 aromatic carbocycles. The Morgan fingerprint density at radius 3 is 2.12 bits per heavy atom. The van der Waals surface area contributed by atoms with E-state index in [1.54, 1.807) is 42.5 Å². The van der Waals surface area contributed by atoms with E-state index in [-0.39, 0.29) is 36.2 Å². The second-order valence-corrected chi connectivity index (χ2v) is 12.7. The third-order valence-corrected chi connectivity index (χ3v) is 8.21. The summed E-state index contributed by atoms with van der Waals surface area (Å²) in [5, 5.41) is 3.58. The van der Waals surface area contributed by atoms with Gasteiger partial charge >= 0.3 is 0 Å². The van der Waals surface area contributed by atoms with Crippen LogP contribution < -0.4 is 14.4 Å². The van der Waals surface area contributed by atoms with Crippen LogP contribution in [0.15, 0.2) is 72.8 Å². The van der Waals surface area contributed by atoms with Gasteiger partial charge in [0.05, 0.1) is 19.1 Å². The van der Waals surface area contributed by atoms with E-state index in [0.29, 0.717) is 22.2 Å². The molecule has 1 N–H and O–H groups in total. The zero-order valence-electron chi connectivity index (χ0n) is 23.5. The van der Waals surface area contributed by atoms with Gasteiger partial charge in [0, 0.05) is 35.1 Å². The smallest absolute Gasteiger partial charge is 0.244 e. The van der Waals surface area contributed by atoms with E-state index >= 15 is 0 Å². The maximum absolute atomic E-state index is 14.2. The molecule has 0 aromatic heterocycles. The number of nitrogens with one attached hydrogen (secondary N) is 1. The zero-order chi connectivity index (χ0) is 30.2. The Bertz CT molecular complexity index is 1430. The predicted molar refractivity (Wildman–Crippen MR) is 164 cm³/mol. The number of para-hydroxylation sites is 2. The van der Waals surface area contributed by atoms with Crippen LogP contribution in [0.3, 0.4) is 0 Å². The molecule has 0 saturated carbocycles. The summed E-state index contributed by atoms with van der Waals surface area (Å²) in [5.74, 6) is -0.535. The lowest BCUT2D eigenvalue weighted by Gasteiger charge is -2.34. The Kier molecular flexibility index (Phi) is 11.5. The predicted octanol–water partition coefficient (Wildman–Crippen LogP) is 5.18. The number of sulfonamides is 1. The molecular formula is C30H35Cl2N3O5S. The molecule has 0 fully saturated rings. The average Bonchev–Trinajstić information content (AvgIpc) is 2.93. The van der Waals surface area contributed by atoms with Crippen molar-refractivity contribution in [2.45, 2.75) is 32.9 Å². The first kappa shape index (κ1) is 32.2. The molecule has 0 radical (unpaired) electrons. The lowest BCUT2D eigenvalue weighted by molar-refractivity contribution is -0.140. The number of anilines is 1. The van der Waals surface area contributed by atoms with Gasteiger partial charge in [0.25, 0.3) is 0 Å². The Balaban J connectivity index is 2.11. The molecule has 0 aliphatic heterocycles. The quantitative estimate of drug-likeness (QED) is 0.284. The number of hydrogen-bond acceptors (Lipinski definition) is 5. The number of nitrogens with zero attached hydrogens (tertiary/aromatic N) is 2. The third-order valence-electron chi connectivity index (χ3n) is 6.38.